The first kappa shape index (κ1) is 15.4. The van der Waals surface area contributed by atoms with Crippen LogP contribution in [0, 0.1) is 6.92 Å². The second-order valence-corrected chi connectivity index (χ2v) is 5.93. The first-order chi connectivity index (χ1) is 12.3. The highest BCUT2D eigenvalue weighted by Gasteiger charge is 2.28. The number of aryl methyl sites for hydroxylation is 1. The molecule has 4 rings (SSSR count). The van der Waals surface area contributed by atoms with Crippen molar-refractivity contribution in [3.63, 3.8) is 0 Å². The van der Waals surface area contributed by atoms with Gasteiger partial charge in [-0.2, -0.15) is 0 Å². The lowest BCUT2D eigenvalue weighted by Gasteiger charge is -2.16. The zero-order valence-electron chi connectivity index (χ0n) is 13.9. The maximum absolute atomic E-state index is 4.67. The summed E-state index contributed by atoms with van der Waals surface area (Å²) in [5.41, 5.74) is 0.915. The molecule has 0 bridgehead atoms. The molecule has 0 radical (unpaired) electrons. The van der Waals surface area contributed by atoms with E-state index in [0.717, 1.165) is 37.0 Å². The maximum atomic E-state index is 4.67. The third-order valence-corrected chi connectivity index (χ3v) is 4.07. The molecule has 8 nitrogen and oxygen atoms in total. The van der Waals surface area contributed by atoms with Gasteiger partial charge in [0, 0.05) is 55.6 Å². The van der Waals surface area contributed by atoms with Crippen LogP contribution >= 0.6 is 0 Å². The molecular weight excluding hydrogens is 316 g/mol. The number of anilines is 3. The Kier molecular flexibility index (Phi) is 4.16. The van der Waals surface area contributed by atoms with Crippen molar-refractivity contribution in [1.82, 2.24) is 29.9 Å². The standard InChI is InChI=1S/C17H18N8/c1-12-10-14(24-16-18-5-2-6-19-16)23-15(22-12)13-4-9-25(11-13)17-20-7-3-8-21-17/h2-3,5-8,10,13H,4,9,11H2,1H3,(H,18,19,22,23,24). The Morgan fingerprint density at radius 3 is 2.48 bits per heavy atom. The minimum absolute atomic E-state index is 0.251. The van der Waals surface area contributed by atoms with Gasteiger partial charge < -0.3 is 10.2 Å². The van der Waals surface area contributed by atoms with E-state index in [1.165, 1.54) is 0 Å². The van der Waals surface area contributed by atoms with Gasteiger partial charge in [0.15, 0.2) is 0 Å². The number of hydrogen-bond donors (Lipinski definition) is 1. The maximum Gasteiger partial charge on any atom is 0.228 e. The number of rotatable bonds is 4. The first-order valence-corrected chi connectivity index (χ1v) is 8.19. The monoisotopic (exact) mass is 334 g/mol. The lowest BCUT2D eigenvalue weighted by Crippen LogP contribution is -2.22. The molecule has 0 aromatic carbocycles. The molecule has 4 heterocycles. The number of aromatic nitrogens is 6. The summed E-state index contributed by atoms with van der Waals surface area (Å²) < 4.78 is 0. The average Bonchev–Trinajstić information content (AvgIpc) is 3.13. The van der Waals surface area contributed by atoms with E-state index in [9.17, 15) is 0 Å². The van der Waals surface area contributed by atoms with E-state index < -0.39 is 0 Å². The molecule has 126 valence electrons. The summed E-state index contributed by atoms with van der Waals surface area (Å²) >= 11 is 0. The summed E-state index contributed by atoms with van der Waals surface area (Å²) in [6.45, 7) is 3.68. The summed E-state index contributed by atoms with van der Waals surface area (Å²) in [4.78, 5) is 28.5. The molecular formula is C17H18N8. The molecule has 1 aliphatic rings. The SMILES string of the molecule is Cc1cc(Nc2ncccn2)nc(C2CCN(c3ncccn3)C2)n1. The van der Waals surface area contributed by atoms with Gasteiger partial charge >= 0.3 is 0 Å². The Bertz CT molecular complexity index is 840. The topological polar surface area (TPSA) is 92.6 Å². The summed E-state index contributed by atoms with van der Waals surface area (Å²) in [7, 11) is 0. The van der Waals surface area contributed by atoms with Gasteiger partial charge in [0.05, 0.1) is 0 Å². The lowest BCUT2D eigenvalue weighted by molar-refractivity contribution is 0.704. The van der Waals surface area contributed by atoms with Crippen LogP contribution in [-0.4, -0.2) is 43.0 Å². The van der Waals surface area contributed by atoms with Gasteiger partial charge in [-0.15, -0.1) is 0 Å². The van der Waals surface area contributed by atoms with E-state index in [1.54, 1.807) is 30.9 Å². The Morgan fingerprint density at radius 2 is 1.72 bits per heavy atom. The highest BCUT2D eigenvalue weighted by atomic mass is 15.3. The molecule has 1 N–H and O–H groups in total. The third-order valence-electron chi connectivity index (χ3n) is 4.07. The van der Waals surface area contributed by atoms with Crippen LogP contribution in [0.15, 0.2) is 43.0 Å². The van der Waals surface area contributed by atoms with Gasteiger partial charge in [0.1, 0.15) is 11.6 Å². The van der Waals surface area contributed by atoms with Crippen LogP contribution < -0.4 is 10.2 Å². The summed E-state index contributed by atoms with van der Waals surface area (Å²) in [5.74, 6) is 3.08. The van der Waals surface area contributed by atoms with Crippen molar-refractivity contribution in [1.29, 1.82) is 0 Å². The van der Waals surface area contributed by atoms with E-state index in [2.05, 4.69) is 40.1 Å². The Hall–Kier alpha value is -3.16. The van der Waals surface area contributed by atoms with Gasteiger partial charge in [-0.1, -0.05) is 0 Å². The van der Waals surface area contributed by atoms with E-state index in [1.807, 2.05) is 19.1 Å². The molecule has 1 fully saturated rings. The smallest absolute Gasteiger partial charge is 0.228 e. The van der Waals surface area contributed by atoms with Crippen molar-refractivity contribution in [2.45, 2.75) is 19.3 Å². The van der Waals surface area contributed by atoms with Gasteiger partial charge in [-0.05, 0) is 25.5 Å². The Morgan fingerprint density at radius 1 is 1.00 bits per heavy atom. The molecule has 1 saturated heterocycles. The van der Waals surface area contributed by atoms with E-state index in [0.29, 0.717) is 11.8 Å². The molecule has 25 heavy (non-hydrogen) atoms. The van der Waals surface area contributed by atoms with Gasteiger partial charge in [-0.25, -0.2) is 29.9 Å². The minimum Gasteiger partial charge on any atom is -0.340 e. The molecule has 1 unspecified atom stereocenters. The van der Waals surface area contributed by atoms with E-state index in [4.69, 9.17) is 0 Å². The van der Waals surface area contributed by atoms with E-state index >= 15 is 0 Å². The van der Waals surface area contributed by atoms with Crippen LogP contribution in [-0.2, 0) is 0 Å². The van der Waals surface area contributed by atoms with Crippen molar-refractivity contribution in [3.8, 4) is 0 Å². The zero-order chi connectivity index (χ0) is 17.1. The molecule has 1 atom stereocenters. The van der Waals surface area contributed by atoms with Crippen molar-refractivity contribution >= 4 is 17.7 Å². The van der Waals surface area contributed by atoms with Crippen molar-refractivity contribution in [2.24, 2.45) is 0 Å². The van der Waals surface area contributed by atoms with Crippen molar-refractivity contribution < 1.29 is 0 Å². The second-order valence-electron chi connectivity index (χ2n) is 5.93. The summed E-state index contributed by atoms with van der Waals surface area (Å²) in [5, 5.41) is 3.14. The molecule has 0 spiro atoms. The quantitative estimate of drug-likeness (QED) is 0.775. The highest BCUT2D eigenvalue weighted by molar-refractivity contribution is 5.48. The van der Waals surface area contributed by atoms with E-state index in [-0.39, 0.29) is 5.92 Å². The van der Waals surface area contributed by atoms with Crippen LogP contribution in [0.3, 0.4) is 0 Å². The fourth-order valence-electron chi connectivity index (χ4n) is 2.92. The number of hydrogen-bond acceptors (Lipinski definition) is 8. The lowest BCUT2D eigenvalue weighted by atomic mass is 10.1. The summed E-state index contributed by atoms with van der Waals surface area (Å²) in [6.07, 6.45) is 7.89. The van der Waals surface area contributed by atoms with Gasteiger partial charge in [0.25, 0.3) is 0 Å². The average molecular weight is 334 g/mol. The first-order valence-electron chi connectivity index (χ1n) is 8.19. The minimum atomic E-state index is 0.251. The molecule has 0 aliphatic carbocycles. The number of nitrogens with zero attached hydrogens (tertiary/aromatic N) is 7. The fourth-order valence-corrected chi connectivity index (χ4v) is 2.92. The van der Waals surface area contributed by atoms with Crippen LogP contribution in [0.4, 0.5) is 17.7 Å². The van der Waals surface area contributed by atoms with Crippen molar-refractivity contribution in [2.75, 3.05) is 23.3 Å². The molecule has 0 saturated carbocycles. The molecule has 3 aromatic rings. The largest absolute Gasteiger partial charge is 0.340 e. The van der Waals surface area contributed by atoms with Crippen LogP contribution in [0.5, 0.6) is 0 Å². The highest BCUT2D eigenvalue weighted by Crippen LogP contribution is 2.28. The normalized spacial score (nSPS) is 16.8. The Labute approximate surface area is 145 Å². The molecule has 0 amide bonds. The second kappa shape index (κ2) is 6.76. The fraction of sp³-hybridized carbons (Fsp3) is 0.294. The van der Waals surface area contributed by atoms with Crippen LogP contribution in [0.1, 0.15) is 23.9 Å². The van der Waals surface area contributed by atoms with Gasteiger partial charge in [-0.3, -0.25) is 0 Å². The third kappa shape index (κ3) is 3.52. The number of nitrogens with one attached hydrogen (secondary N) is 1. The van der Waals surface area contributed by atoms with Crippen molar-refractivity contribution in [3.05, 3.63) is 54.5 Å². The Balaban J connectivity index is 1.53. The van der Waals surface area contributed by atoms with Gasteiger partial charge in [0.2, 0.25) is 11.9 Å². The molecule has 3 aromatic heterocycles. The summed E-state index contributed by atoms with van der Waals surface area (Å²) in [6, 6.07) is 5.50. The van der Waals surface area contributed by atoms with Crippen LogP contribution in [0.2, 0.25) is 0 Å². The molecule has 1 aliphatic heterocycles. The van der Waals surface area contributed by atoms with Crippen LogP contribution in [0.25, 0.3) is 0 Å². The predicted octanol–water partition coefficient (Wildman–Crippen LogP) is 2.10. The zero-order valence-corrected chi connectivity index (χ0v) is 13.9. The predicted molar refractivity (Wildman–Crippen MR) is 93.7 cm³/mol. The molecule has 8 heteroatoms.